The summed E-state index contributed by atoms with van der Waals surface area (Å²) in [5, 5.41) is 17.6. The maximum atomic E-state index is 11.1. The molecule has 1 atom stereocenters. The molecule has 90 valence electrons. The molecule has 0 fully saturated rings. The van der Waals surface area contributed by atoms with E-state index in [0.29, 0.717) is 5.57 Å². The fourth-order valence-corrected chi connectivity index (χ4v) is 1.50. The Morgan fingerprint density at radius 3 is 2.56 bits per heavy atom. The number of hydrogen-bond acceptors (Lipinski definition) is 2. The highest BCUT2D eigenvalue weighted by molar-refractivity contribution is 5.79. The minimum atomic E-state index is -0.991. The molecule has 1 unspecified atom stereocenters. The zero-order chi connectivity index (χ0) is 13.4. The number of rotatable bonds is 5. The largest absolute Gasteiger partial charge is 0.481 e. The van der Waals surface area contributed by atoms with E-state index < -0.39 is 11.9 Å². The van der Waals surface area contributed by atoms with Crippen LogP contribution >= 0.6 is 0 Å². The molecule has 0 aliphatic rings. The van der Waals surface area contributed by atoms with E-state index in [2.05, 4.69) is 6.58 Å². The van der Waals surface area contributed by atoms with Crippen LogP contribution in [0.3, 0.4) is 0 Å². The molecule has 0 saturated carbocycles. The highest BCUT2D eigenvalue weighted by Crippen LogP contribution is 2.18. The van der Waals surface area contributed by atoms with Gasteiger partial charge in [0.05, 0.1) is 12.0 Å². The lowest BCUT2D eigenvalue weighted by atomic mass is 9.96. The van der Waals surface area contributed by atoms with Crippen LogP contribution in [0.1, 0.15) is 5.56 Å². The summed E-state index contributed by atoms with van der Waals surface area (Å²) in [6.07, 6.45) is 5.83. The van der Waals surface area contributed by atoms with E-state index >= 15 is 0 Å². The summed E-state index contributed by atoms with van der Waals surface area (Å²) in [5.41, 5.74) is 1.40. The third-order valence-electron chi connectivity index (χ3n) is 2.34. The number of benzene rings is 1. The number of carboxylic acid groups (broad SMARTS) is 1. The molecular weight excluding hydrogens is 226 g/mol. The summed E-state index contributed by atoms with van der Waals surface area (Å²) in [6.45, 7) is 3.51. The highest BCUT2D eigenvalue weighted by atomic mass is 16.4. The number of hydrogen-bond donors (Lipinski definition) is 1. The van der Waals surface area contributed by atoms with Crippen LogP contribution in [-0.4, -0.2) is 11.1 Å². The average Bonchev–Trinajstić information content (AvgIpc) is 2.37. The maximum absolute atomic E-state index is 11.1. The lowest BCUT2D eigenvalue weighted by molar-refractivity contribution is -0.138. The van der Waals surface area contributed by atoms with Crippen molar-refractivity contribution in [1.82, 2.24) is 0 Å². The molecule has 0 heterocycles. The number of nitrogens with zero attached hydrogens (tertiary/aromatic N) is 1. The van der Waals surface area contributed by atoms with Gasteiger partial charge in [-0.25, -0.2) is 0 Å². The molecule has 0 aromatic heterocycles. The van der Waals surface area contributed by atoms with Crippen LogP contribution in [0.25, 0.3) is 6.08 Å². The van der Waals surface area contributed by atoms with Crippen molar-refractivity contribution in [3.8, 4) is 6.07 Å². The smallest absolute Gasteiger partial charge is 0.314 e. The molecule has 1 aromatic rings. The quantitative estimate of drug-likeness (QED) is 0.488. The van der Waals surface area contributed by atoms with E-state index in [1.165, 1.54) is 18.2 Å². The van der Waals surface area contributed by atoms with Crippen molar-refractivity contribution in [3.05, 3.63) is 66.3 Å². The molecular formula is C15H13NO2. The molecule has 1 rings (SSSR count). The molecule has 0 aliphatic heterocycles. The van der Waals surface area contributed by atoms with Crippen molar-refractivity contribution < 1.29 is 9.90 Å². The van der Waals surface area contributed by atoms with E-state index in [9.17, 15) is 4.79 Å². The minimum Gasteiger partial charge on any atom is -0.481 e. The highest BCUT2D eigenvalue weighted by Gasteiger charge is 2.16. The van der Waals surface area contributed by atoms with Crippen LogP contribution < -0.4 is 0 Å². The number of allylic oxidation sites excluding steroid dienone is 2. The summed E-state index contributed by atoms with van der Waals surface area (Å²) in [4.78, 5) is 11.1. The molecule has 1 aromatic carbocycles. The van der Waals surface area contributed by atoms with Gasteiger partial charge in [-0.15, -0.1) is 6.58 Å². The second-order valence-electron chi connectivity index (χ2n) is 3.57. The van der Waals surface area contributed by atoms with Crippen LogP contribution in [0.4, 0.5) is 0 Å². The second-order valence-corrected chi connectivity index (χ2v) is 3.57. The standard InChI is InChI=1S/C15H13NO2/c1-2-14(15(17)18)13(9-6-10-16)11-12-7-4-3-5-8-12/h2-9,11,14H,1H2,(H,17,18). The van der Waals surface area contributed by atoms with Crippen molar-refractivity contribution in [2.24, 2.45) is 5.92 Å². The number of nitriles is 1. The van der Waals surface area contributed by atoms with Crippen molar-refractivity contribution >= 4 is 12.0 Å². The average molecular weight is 239 g/mol. The van der Waals surface area contributed by atoms with E-state index in [1.807, 2.05) is 36.4 Å². The molecule has 0 radical (unpaired) electrons. The van der Waals surface area contributed by atoms with E-state index in [4.69, 9.17) is 10.4 Å². The predicted molar refractivity (Wildman–Crippen MR) is 70.5 cm³/mol. The fourth-order valence-electron chi connectivity index (χ4n) is 1.50. The topological polar surface area (TPSA) is 61.1 Å². The third kappa shape index (κ3) is 3.76. The Hall–Kier alpha value is -2.60. The zero-order valence-corrected chi connectivity index (χ0v) is 9.78. The molecule has 3 heteroatoms. The Morgan fingerprint density at radius 1 is 1.39 bits per heavy atom. The molecule has 0 amide bonds. The Labute approximate surface area is 106 Å². The van der Waals surface area contributed by atoms with Crippen molar-refractivity contribution in [2.75, 3.05) is 0 Å². The first-order valence-electron chi connectivity index (χ1n) is 5.37. The summed E-state index contributed by atoms with van der Waals surface area (Å²) in [6, 6.07) is 11.2. The second kappa shape index (κ2) is 6.87. The predicted octanol–water partition coefficient (Wildman–Crippen LogP) is 3.04. The fraction of sp³-hybridized carbons (Fsp3) is 0.0667. The SMILES string of the molecule is C=CC(C(=O)O)C(C=CC#N)=Cc1ccccc1. The van der Waals surface area contributed by atoms with E-state index in [1.54, 1.807) is 6.08 Å². The van der Waals surface area contributed by atoms with Gasteiger partial charge in [-0.2, -0.15) is 5.26 Å². The first-order valence-corrected chi connectivity index (χ1v) is 5.37. The molecule has 0 spiro atoms. The summed E-state index contributed by atoms with van der Waals surface area (Å²) >= 11 is 0. The van der Waals surface area contributed by atoms with Crippen LogP contribution in [0.5, 0.6) is 0 Å². The van der Waals surface area contributed by atoms with Crippen LogP contribution in [0.2, 0.25) is 0 Å². The Balaban J connectivity index is 3.17. The summed E-state index contributed by atoms with van der Waals surface area (Å²) in [5.74, 6) is -1.82. The monoisotopic (exact) mass is 239 g/mol. The van der Waals surface area contributed by atoms with Crippen LogP contribution in [-0.2, 0) is 4.79 Å². The summed E-state index contributed by atoms with van der Waals surface area (Å²) < 4.78 is 0. The van der Waals surface area contributed by atoms with Crippen LogP contribution in [0, 0.1) is 17.2 Å². The van der Waals surface area contributed by atoms with Gasteiger partial charge in [0, 0.05) is 6.08 Å². The number of aliphatic carboxylic acids is 1. The summed E-state index contributed by atoms with van der Waals surface area (Å²) in [7, 11) is 0. The van der Waals surface area contributed by atoms with Crippen molar-refractivity contribution in [1.29, 1.82) is 5.26 Å². The van der Waals surface area contributed by atoms with Gasteiger partial charge in [-0.1, -0.05) is 42.5 Å². The zero-order valence-electron chi connectivity index (χ0n) is 9.78. The van der Waals surface area contributed by atoms with Gasteiger partial charge in [0.15, 0.2) is 0 Å². The van der Waals surface area contributed by atoms with Gasteiger partial charge in [0.2, 0.25) is 0 Å². The van der Waals surface area contributed by atoms with Crippen molar-refractivity contribution in [3.63, 3.8) is 0 Å². The Morgan fingerprint density at radius 2 is 2.06 bits per heavy atom. The van der Waals surface area contributed by atoms with Gasteiger partial charge < -0.3 is 5.11 Å². The minimum absolute atomic E-state index is 0.519. The maximum Gasteiger partial charge on any atom is 0.314 e. The van der Waals surface area contributed by atoms with Gasteiger partial charge in [0.1, 0.15) is 0 Å². The van der Waals surface area contributed by atoms with Gasteiger partial charge >= 0.3 is 5.97 Å². The Kier molecular flexibility index (Phi) is 5.14. The first kappa shape index (κ1) is 13.5. The van der Waals surface area contributed by atoms with Gasteiger partial charge in [-0.05, 0) is 17.2 Å². The lowest BCUT2D eigenvalue weighted by Crippen LogP contribution is -2.12. The van der Waals surface area contributed by atoms with Crippen LogP contribution in [0.15, 0.2) is 60.7 Å². The lowest BCUT2D eigenvalue weighted by Gasteiger charge is -2.08. The molecule has 0 aliphatic carbocycles. The molecule has 0 bridgehead atoms. The van der Waals surface area contributed by atoms with Gasteiger partial charge in [0.25, 0.3) is 0 Å². The Bertz CT molecular complexity index is 521. The van der Waals surface area contributed by atoms with E-state index in [0.717, 1.165) is 5.56 Å². The number of carboxylic acids is 1. The van der Waals surface area contributed by atoms with Crippen molar-refractivity contribution in [2.45, 2.75) is 0 Å². The molecule has 0 saturated heterocycles. The molecule has 18 heavy (non-hydrogen) atoms. The number of carbonyl (C=O) groups is 1. The molecule has 3 nitrogen and oxygen atoms in total. The van der Waals surface area contributed by atoms with Gasteiger partial charge in [-0.3, -0.25) is 4.79 Å². The third-order valence-corrected chi connectivity index (χ3v) is 2.34. The molecule has 1 N–H and O–H groups in total. The first-order chi connectivity index (χ1) is 8.69. The van der Waals surface area contributed by atoms with E-state index in [-0.39, 0.29) is 0 Å². The normalized spacial score (nSPS) is 12.9.